The molecule has 110 valence electrons. The quantitative estimate of drug-likeness (QED) is 0.820. The highest BCUT2D eigenvalue weighted by molar-refractivity contribution is 7.89. The first-order valence-corrected chi connectivity index (χ1v) is 8.06. The summed E-state index contributed by atoms with van der Waals surface area (Å²) in [7, 11) is -3.62. The van der Waals surface area contributed by atoms with E-state index in [4.69, 9.17) is 16.9 Å². The van der Waals surface area contributed by atoms with E-state index in [1.807, 2.05) is 18.3 Å². The molecule has 0 unspecified atom stereocenters. The van der Waals surface area contributed by atoms with Crippen molar-refractivity contribution in [1.82, 2.24) is 14.5 Å². The fraction of sp³-hybridized carbons (Fsp3) is 0.231. The third-order valence-corrected chi connectivity index (χ3v) is 4.56. The molecule has 21 heavy (non-hydrogen) atoms. The van der Waals surface area contributed by atoms with Crippen LogP contribution < -0.4 is 4.72 Å². The normalized spacial score (nSPS) is 11.2. The van der Waals surface area contributed by atoms with Crippen LogP contribution in [0.3, 0.4) is 0 Å². The molecule has 2 aromatic rings. The van der Waals surface area contributed by atoms with Gasteiger partial charge in [-0.05, 0) is 30.7 Å². The molecule has 0 radical (unpaired) electrons. The molecule has 0 aliphatic heterocycles. The summed E-state index contributed by atoms with van der Waals surface area (Å²) in [4.78, 5) is 0.0468. The van der Waals surface area contributed by atoms with Gasteiger partial charge in [0, 0.05) is 25.5 Å². The Balaban J connectivity index is 1.95. The Labute approximate surface area is 128 Å². The highest BCUT2D eigenvalue weighted by atomic mass is 35.5. The molecule has 0 aliphatic rings. The SMILES string of the molecule is N#Cc1ccc(S(=O)(=O)NCCCn2cccn2)cc1Cl. The lowest BCUT2D eigenvalue weighted by Crippen LogP contribution is -2.25. The number of hydrogen-bond donors (Lipinski definition) is 1. The summed E-state index contributed by atoms with van der Waals surface area (Å²) in [5.41, 5.74) is 0.245. The standard InChI is InChI=1S/C13H13ClN4O2S/c14-13-9-12(4-3-11(13)10-15)21(19,20)17-6-2-8-18-7-1-5-16-18/h1,3-5,7,9,17H,2,6,8H2. The van der Waals surface area contributed by atoms with Crippen molar-refractivity contribution in [3.63, 3.8) is 0 Å². The molecule has 0 amide bonds. The Kier molecular flexibility index (Phi) is 4.96. The van der Waals surface area contributed by atoms with E-state index in [9.17, 15) is 8.42 Å². The van der Waals surface area contributed by atoms with E-state index in [2.05, 4.69) is 9.82 Å². The van der Waals surface area contributed by atoms with Crippen LogP contribution in [0, 0.1) is 11.3 Å². The Bertz CT molecular complexity index is 751. The van der Waals surface area contributed by atoms with E-state index >= 15 is 0 Å². The van der Waals surface area contributed by atoms with Gasteiger partial charge in [-0.3, -0.25) is 4.68 Å². The zero-order chi connectivity index (χ0) is 15.3. The summed E-state index contributed by atoms with van der Waals surface area (Å²) in [6, 6.07) is 7.72. The molecule has 0 fully saturated rings. The molecular formula is C13H13ClN4O2S. The van der Waals surface area contributed by atoms with Crippen molar-refractivity contribution in [3.05, 3.63) is 47.2 Å². The molecule has 0 bridgehead atoms. The first-order chi connectivity index (χ1) is 10.0. The maximum Gasteiger partial charge on any atom is 0.240 e. The summed E-state index contributed by atoms with van der Waals surface area (Å²) < 4.78 is 28.4. The average Bonchev–Trinajstić information content (AvgIpc) is 2.97. The van der Waals surface area contributed by atoms with Gasteiger partial charge in [0.25, 0.3) is 0 Å². The minimum absolute atomic E-state index is 0.0468. The molecular weight excluding hydrogens is 312 g/mol. The van der Waals surface area contributed by atoms with Crippen LogP contribution in [0.5, 0.6) is 0 Å². The number of aromatic nitrogens is 2. The van der Waals surface area contributed by atoms with E-state index in [-0.39, 0.29) is 15.5 Å². The van der Waals surface area contributed by atoms with Crippen LogP contribution in [-0.2, 0) is 16.6 Å². The fourth-order valence-electron chi connectivity index (χ4n) is 1.72. The summed E-state index contributed by atoms with van der Waals surface area (Å²) >= 11 is 5.84. The number of hydrogen-bond acceptors (Lipinski definition) is 4. The maximum absolute atomic E-state index is 12.1. The lowest BCUT2D eigenvalue weighted by Gasteiger charge is -2.07. The van der Waals surface area contributed by atoms with Crippen molar-refractivity contribution < 1.29 is 8.42 Å². The van der Waals surface area contributed by atoms with Gasteiger partial charge in [0.05, 0.1) is 15.5 Å². The van der Waals surface area contributed by atoms with Gasteiger partial charge in [0.1, 0.15) is 6.07 Å². The zero-order valence-corrected chi connectivity index (χ0v) is 12.6. The van der Waals surface area contributed by atoms with Crippen molar-refractivity contribution >= 4 is 21.6 Å². The molecule has 0 saturated heterocycles. The number of nitrogens with zero attached hydrogens (tertiary/aromatic N) is 3. The minimum atomic E-state index is -3.62. The monoisotopic (exact) mass is 324 g/mol. The smallest absolute Gasteiger partial charge is 0.240 e. The predicted octanol–water partition coefficient (Wildman–Crippen LogP) is 1.78. The van der Waals surface area contributed by atoms with Crippen LogP contribution in [0.15, 0.2) is 41.6 Å². The number of benzene rings is 1. The van der Waals surface area contributed by atoms with E-state index in [1.165, 1.54) is 18.2 Å². The first-order valence-electron chi connectivity index (χ1n) is 6.20. The molecule has 0 spiro atoms. The fourth-order valence-corrected chi connectivity index (χ4v) is 3.10. The number of nitrogens with one attached hydrogen (secondary N) is 1. The van der Waals surface area contributed by atoms with Crippen molar-refractivity contribution in [2.75, 3.05) is 6.54 Å². The lowest BCUT2D eigenvalue weighted by atomic mass is 10.2. The Morgan fingerprint density at radius 3 is 2.86 bits per heavy atom. The van der Waals surface area contributed by atoms with Gasteiger partial charge in [-0.15, -0.1) is 0 Å². The molecule has 6 nitrogen and oxygen atoms in total. The number of nitriles is 1. The number of aryl methyl sites for hydroxylation is 1. The summed E-state index contributed by atoms with van der Waals surface area (Å²) in [6.07, 6.45) is 4.10. The van der Waals surface area contributed by atoms with Gasteiger partial charge in [0.15, 0.2) is 0 Å². The summed E-state index contributed by atoms with van der Waals surface area (Å²) in [6.45, 7) is 0.920. The highest BCUT2D eigenvalue weighted by Crippen LogP contribution is 2.19. The molecule has 0 atom stereocenters. The average molecular weight is 325 g/mol. The molecule has 8 heteroatoms. The van der Waals surface area contributed by atoms with Gasteiger partial charge in [-0.1, -0.05) is 11.6 Å². The topological polar surface area (TPSA) is 87.8 Å². The molecule has 1 heterocycles. The maximum atomic E-state index is 12.1. The Hall–Kier alpha value is -1.88. The lowest BCUT2D eigenvalue weighted by molar-refractivity contribution is 0.553. The van der Waals surface area contributed by atoms with Crippen molar-refractivity contribution in [2.24, 2.45) is 0 Å². The highest BCUT2D eigenvalue weighted by Gasteiger charge is 2.15. The van der Waals surface area contributed by atoms with E-state index in [0.29, 0.717) is 19.5 Å². The zero-order valence-electron chi connectivity index (χ0n) is 11.0. The van der Waals surface area contributed by atoms with E-state index < -0.39 is 10.0 Å². The summed E-state index contributed by atoms with van der Waals surface area (Å²) in [5.74, 6) is 0. The minimum Gasteiger partial charge on any atom is -0.273 e. The molecule has 1 aromatic heterocycles. The van der Waals surface area contributed by atoms with Crippen LogP contribution in [0.1, 0.15) is 12.0 Å². The van der Waals surface area contributed by atoms with Gasteiger partial charge >= 0.3 is 0 Å². The van der Waals surface area contributed by atoms with E-state index in [0.717, 1.165) is 0 Å². The molecule has 1 aromatic carbocycles. The van der Waals surface area contributed by atoms with Crippen molar-refractivity contribution in [2.45, 2.75) is 17.9 Å². The molecule has 0 saturated carbocycles. The van der Waals surface area contributed by atoms with Crippen LogP contribution >= 0.6 is 11.6 Å². The molecule has 1 N–H and O–H groups in total. The van der Waals surface area contributed by atoms with Gasteiger partial charge < -0.3 is 0 Å². The third kappa shape index (κ3) is 4.04. The largest absolute Gasteiger partial charge is 0.273 e. The van der Waals surface area contributed by atoms with Gasteiger partial charge in [0.2, 0.25) is 10.0 Å². The van der Waals surface area contributed by atoms with Crippen LogP contribution in [0.4, 0.5) is 0 Å². The second-order valence-corrected chi connectivity index (χ2v) is 6.45. The summed E-state index contributed by atoms with van der Waals surface area (Å²) in [5, 5.41) is 12.9. The van der Waals surface area contributed by atoms with Gasteiger partial charge in [-0.2, -0.15) is 10.4 Å². The third-order valence-electron chi connectivity index (χ3n) is 2.79. The van der Waals surface area contributed by atoms with E-state index in [1.54, 1.807) is 10.9 Å². The second-order valence-electron chi connectivity index (χ2n) is 4.27. The van der Waals surface area contributed by atoms with Crippen LogP contribution in [-0.4, -0.2) is 24.7 Å². The molecule has 2 rings (SSSR count). The number of sulfonamides is 1. The van der Waals surface area contributed by atoms with Gasteiger partial charge in [-0.25, -0.2) is 13.1 Å². The van der Waals surface area contributed by atoms with Crippen molar-refractivity contribution in [3.8, 4) is 6.07 Å². The predicted molar refractivity (Wildman–Crippen MR) is 78.2 cm³/mol. The Morgan fingerprint density at radius 1 is 1.43 bits per heavy atom. The van der Waals surface area contributed by atoms with Crippen molar-refractivity contribution in [1.29, 1.82) is 5.26 Å². The first kappa shape index (κ1) is 15.5. The number of rotatable bonds is 6. The Morgan fingerprint density at radius 2 is 2.24 bits per heavy atom. The van der Waals surface area contributed by atoms with Crippen LogP contribution in [0.2, 0.25) is 5.02 Å². The molecule has 0 aliphatic carbocycles. The second kappa shape index (κ2) is 6.72. The van der Waals surface area contributed by atoms with Crippen LogP contribution in [0.25, 0.3) is 0 Å². The number of halogens is 1.